The van der Waals surface area contributed by atoms with Crippen molar-refractivity contribution < 1.29 is 27.2 Å². The van der Waals surface area contributed by atoms with E-state index >= 15 is 0 Å². The zero-order chi connectivity index (χ0) is 24.3. The first-order chi connectivity index (χ1) is 16.2. The van der Waals surface area contributed by atoms with E-state index in [0.717, 1.165) is 17.4 Å². The van der Waals surface area contributed by atoms with E-state index < -0.39 is 34.5 Å². The molecule has 1 amide bonds. The van der Waals surface area contributed by atoms with Crippen LogP contribution in [0, 0.1) is 6.92 Å². The number of nitrogens with zero attached hydrogens (tertiary/aromatic N) is 2. The first-order valence-corrected chi connectivity index (χ1v) is 12.3. The van der Waals surface area contributed by atoms with Crippen molar-refractivity contribution in [1.29, 1.82) is 0 Å². The molecule has 1 N–H and O–H groups in total. The summed E-state index contributed by atoms with van der Waals surface area (Å²) in [4.78, 5) is 25.6. The van der Waals surface area contributed by atoms with Crippen molar-refractivity contribution in [3.05, 3.63) is 89.4 Å². The van der Waals surface area contributed by atoms with Crippen molar-refractivity contribution in [3.8, 4) is 0 Å². The highest BCUT2D eigenvalue weighted by Gasteiger charge is 2.35. The Bertz CT molecular complexity index is 1330. The average Bonchev–Trinajstić information content (AvgIpc) is 3.47. The molecule has 1 aliphatic heterocycles. The van der Waals surface area contributed by atoms with E-state index in [2.05, 4.69) is 9.82 Å². The summed E-state index contributed by atoms with van der Waals surface area (Å²) in [6, 6.07) is 16.8. The molecule has 0 radical (unpaired) electrons. The molecule has 0 saturated carbocycles. The summed E-state index contributed by atoms with van der Waals surface area (Å²) in [5, 5.41) is 5.77. The van der Waals surface area contributed by atoms with Crippen molar-refractivity contribution >= 4 is 33.3 Å². The van der Waals surface area contributed by atoms with Gasteiger partial charge in [0.25, 0.3) is 5.91 Å². The number of carbonyl (C=O) groups excluding carboxylic acids is 2. The first-order valence-electron chi connectivity index (χ1n) is 10.5. The fourth-order valence-corrected chi connectivity index (χ4v) is 4.16. The third-order valence-corrected chi connectivity index (χ3v) is 5.78. The van der Waals surface area contributed by atoms with Crippen LogP contribution >= 0.6 is 0 Å². The SMILES string of the molecule is Cc1ccc(C2=NN(C(=O)COC(=O)c3ccccc3NS(C)(=O)=O)[C@H](c3ccco3)C2)cc1. The number of furan rings is 1. The van der Waals surface area contributed by atoms with Crippen LogP contribution in [0.4, 0.5) is 5.69 Å². The Morgan fingerprint density at radius 2 is 1.85 bits per heavy atom. The van der Waals surface area contributed by atoms with Crippen LogP contribution in [-0.2, 0) is 19.6 Å². The van der Waals surface area contributed by atoms with Crippen LogP contribution in [0.15, 0.2) is 76.4 Å². The number of benzene rings is 2. The molecule has 0 saturated heterocycles. The Kier molecular flexibility index (Phi) is 6.51. The summed E-state index contributed by atoms with van der Waals surface area (Å²) in [6.45, 7) is 1.41. The average molecular weight is 482 g/mol. The molecule has 9 nitrogen and oxygen atoms in total. The lowest BCUT2D eigenvalue weighted by atomic mass is 10.0. The highest BCUT2D eigenvalue weighted by atomic mass is 32.2. The Labute approximate surface area is 197 Å². The van der Waals surface area contributed by atoms with Gasteiger partial charge in [0.15, 0.2) is 6.61 Å². The number of esters is 1. The third-order valence-electron chi connectivity index (χ3n) is 5.19. The largest absolute Gasteiger partial charge is 0.467 e. The van der Waals surface area contributed by atoms with Gasteiger partial charge in [0, 0.05) is 6.42 Å². The van der Waals surface area contributed by atoms with Crippen LogP contribution in [0.5, 0.6) is 0 Å². The molecule has 0 fully saturated rings. The predicted molar refractivity (Wildman–Crippen MR) is 126 cm³/mol. The molecular formula is C24H23N3O6S. The molecule has 0 unspecified atom stereocenters. The number of aryl methyl sites for hydroxylation is 1. The summed E-state index contributed by atoms with van der Waals surface area (Å²) in [5.74, 6) is -0.810. The number of nitrogens with one attached hydrogen (secondary N) is 1. The molecule has 3 aromatic rings. The van der Waals surface area contributed by atoms with Gasteiger partial charge in [-0.1, -0.05) is 42.0 Å². The Morgan fingerprint density at radius 1 is 1.12 bits per heavy atom. The molecule has 0 bridgehead atoms. The molecule has 176 valence electrons. The number of amides is 1. The lowest BCUT2D eigenvalue weighted by molar-refractivity contribution is -0.136. The van der Waals surface area contributed by atoms with Gasteiger partial charge >= 0.3 is 5.97 Å². The van der Waals surface area contributed by atoms with E-state index in [1.165, 1.54) is 23.4 Å². The van der Waals surface area contributed by atoms with Crippen LogP contribution in [0.2, 0.25) is 0 Å². The second-order valence-corrected chi connectivity index (χ2v) is 9.63. The van der Waals surface area contributed by atoms with E-state index in [1.54, 1.807) is 24.3 Å². The number of anilines is 1. The maximum absolute atomic E-state index is 13.0. The number of hydrazone groups is 1. The van der Waals surface area contributed by atoms with Crippen LogP contribution in [0.3, 0.4) is 0 Å². The monoisotopic (exact) mass is 481 g/mol. The van der Waals surface area contributed by atoms with Gasteiger partial charge in [-0.15, -0.1) is 0 Å². The third kappa shape index (κ3) is 5.34. The predicted octanol–water partition coefficient (Wildman–Crippen LogP) is 3.49. The molecule has 10 heteroatoms. The van der Waals surface area contributed by atoms with Crippen LogP contribution in [-0.4, -0.2) is 43.9 Å². The number of sulfonamides is 1. The summed E-state index contributed by atoms with van der Waals surface area (Å²) >= 11 is 0. The van der Waals surface area contributed by atoms with Gasteiger partial charge in [-0.25, -0.2) is 18.2 Å². The standard InChI is InChI=1S/C24H23N3O6S/c1-16-9-11-17(12-10-16)20-14-21(22-8-5-13-32-22)27(25-20)23(28)15-33-24(29)18-6-3-4-7-19(18)26-34(2,30)31/h3-13,21,26H,14-15H2,1-2H3/t21-/m0/s1. The Balaban J connectivity index is 1.51. The fourth-order valence-electron chi connectivity index (χ4n) is 3.58. The molecule has 1 aromatic heterocycles. The lowest BCUT2D eigenvalue weighted by Gasteiger charge is -2.19. The number of hydrogen-bond acceptors (Lipinski definition) is 7. The van der Waals surface area contributed by atoms with E-state index in [4.69, 9.17) is 9.15 Å². The van der Waals surface area contributed by atoms with Gasteiger partial charge in [-0.05, 0) is 36.8 Å². The molecule has 2 aromatic carbocycles. The Morgan fingerprint density at radius 3 is 2.53 bits per heavy atom. The van der Waals surface area contributed by atoms with Crippen molar-refractivity contribution in [1.82, 2.24) is 5.01 Å². The fraction of sp³-hybridized carbons (Fsp3) is 0.208. The van der Waals surface area contributed by atoms with E-state index in [1.807, 2.05) is 31.2 Å². The minimum atomic E-state index is -3.61. The lowest BCUT2D eigenvalue weighted by Crippen LogP contribution is -2.31. The molecule has 4 rings (SSSR count). The molecule has 0 spiro atoms. The van der Waals surface area contributed by atoms with Crippen LogP contribution in [0.1, 0.15) is 39.7 Å². The smallest absolute Gasteiger partial charge is 0.340 e. The van der Waals surface area contributed by atoms with Gasteiger partial charge in [0.2, 0.25) is 10.0 Å². The summed E-state index contributed by atoms with van der Waals surface area (Å²) in [5.41, 5.74) is 2.76. The molecular weight excluding hydrogens is 458 g/mol. The van der Waals surface area contributed by atoms with Crippen LogP contribution in [0.25, 0.3) is 0 Å². The quantitative estimate of drug-likeness (QED) is 0.516. The van der Waals surface area contributed by atoms with Crippen molar-refractivity contribution in [2.75, 3.05) is 17.6 Å². The Hall–Kier alpha value is -3.92. The zero-order valence-corrected chi connectivity index (χ0v) is 19.4. The molecule has 0 aliphatic carbocycles. The minimum Gasteiger partial charge on any atom is -0.467 e. The highest BCUT2D eigenvalue weighted by molar-refractivity contribution is 7.92. The first kappa shape index (κ1) is 23.2. The number of para-hydroxylation sites is 1. The number of ether oxygens (including phenoxy) is 1. The molecule has 34 heavy (non-hydrogen) atoms. The van der Waals surface area contributed by atoms with Crippen molar-refractivity contribution in [2.24, 2.45) is 5.10 Å². The maximum atomic E-state index is 13.0. The maximum Gasteiger partial charge on any atom is 0.340 e. The number of hydrogen-bond donors (Lipinski definition) is 1. The van der Waals surface area contributed by atoms with Crippen LogP contribution < -0.4 is 4.72 Å². The van der Waals surface area contributed by atoms with E-state index in [9.17, 15) is 18.0 Å². The zero-order valence-electron chi connectivity index (χ0n) is 18.6. The van der Waals surface area contributed by atoms with Gasteiger partial charge in [-0.2, -0.15) is 5.10 Å². The molecule has 1 aliphatic rings. The van der Waals surface area contributed by atoms with Crippen molar-refractivity contribution in [2.45, 2.75) is 19.4 Å². The number of rotatable bonds is 7. The molecule has 1 atom stereocenters. The van der Waals surface area contributed by atoms with Gasteiger partial charge < -0.3 is 9.15 Å². The highest BCUT2D eigenvalue weighted by Crippen LogP contribution is 2.33. The number of carbonyl (C=O) groups is 2. The second kappa shape index (κ2) is 9.52. The van der Waals surface area contributed by atoms with Gasteiger partial charge in [0.1, 0.15) is 11.8 Å². The second-order valence-electron chi connectivity index (χ2n) is 7.88. The minimum absolute atomic E-state index is 0.00595. The van der Waals surface area contributed by atoms with Gasteiger partial charge in [0.05, 0.1) is 29.5 Å². The molecule has 2 heterocycles. The van der Waals surface area contributed by atoms with Crippen molar-refractivity contribution in [3.63, 3.8) is 0 Å². The summed E-state index contributed by atoms with van der Waals surface area (Å²) in [6.07, 6.45) is 2.94. The van der Waals surface area contributed by atoms with Gasteiger partial charge in [-0.3, -0.25) is 9.52 Å². The summed E-state index contributed by atoms with van der Waals surface area (Å²) < 4.78 is 36.2. The van der Waals surface area contributed by atoms with E-state index in [-0.39, 0.29) is 11.3 Å². The topological polar surface area (TPSA) is 118 Å². The normalized spacial score (nSPS) is 15.6. The van der Waals surface area contributed by atoms with E-state index in [0.29, 0.717) is 17.9 Å². The summed E-state index contributed by atoms with van der Waals surface area (Å²) in [7, 11) is -3.61.